The molecule has 7 rings (SSSR count). The van der Waals surface area contributed by atoms with Crippen molar-refractivity contribution in [3.8, 4) is 10.6 Å². The zero-order valence-electron chi connectivity index (χ0n) is 20.5. The quantitative estimate of drug-likeness (QED) is 0.361. The zero-order valence-corrected chi connectivity index (χ0v) is 21.3. The van der Waals surface area contributed by atoms with Gasteiger partial charge in [-0.25, -0.2) is 9.56 Å². The van der Waals surface area contributed by atoms with Crippen LogP contribution in [0.4, 0.5) is 10.1 Å². The standard InChI is InChI=1S/C28H33FN3S/c1-14-7-16(31-10-17-18(11-31)27(17,3)4)9-22-24(14)30-25-15(2)8-21(23(29)26(25)33-22)32-12-19-20(13-32)28(19,5)6/h7-9,17-20H,10-13H2,1-6H3/q+1. The Bertz CT molecular complexity index is 1370. The second-order valence-electron chi connectivity index (χ2n) is 12.4. The molecule has 4 atom stereocenters. The predicted molar refractivity (Wildman–Crippen MR) is 134 cm³/mol. The van der Waals surface area contributed by atoms with Crippen molar-refractivity contribution in [1.29, 1.82) is 0 Å². The Kier molecular flexibility index (Phi) is 3.80. The average molecular weight is 463 g/mol. The topological polar surface area (TPSA) is 19.1 Å². The van der Waals surface area contributed by atoms with Crippen molar-refractivity contribution in [2.75, 3.05) is 31.1 Å². The molecule has 4 unspecified atom stereocenters. The van der Waals surface area contributed by atoms with Gasteiger partial charge in [-0.15, -0.1) is 11.3 Å². The molecule has 2 saturated carbocycles. The Morgan fingerprint density at radius 2 is 1.58 bits per heavy atom. The maximum Gasteiger partial charge on any atom is 0.237 e. The predicted octanol–water partition coefficient (Wildman–Crippen LogP) is 5.31. The summed E-state index contributed by atoms with van der Waals surface area (Å²) in [6, 6.07) is 6.57. The van der Waals surface area contributed by atoms with Crippen LogP contribution in [0.1, 0.15) is 38.8 Å². The number of anilines is 1. The van der Waals surface area contributed by atoms with Crippen LogP contribution in [0.3, 0.4) is 0 Å². The van der Waals surface area contributed by atoms with Crippen molar-refractivity contribution >= 4 is 27.2 Å². The molecule has 3 aliphatic carbocycles. The molecular weight excluding hydrogens is 429 g/mol. The van der Waals surface area contributed by atoms with Crippen molar-refractivity contribution in [1.82, 2.24) is 9.56 Å². The minimum absolute atomic E-state index is 0.0821. The van der Waals surface area contributed by atoms with E-state index in [1.165, 1.54) is 11.3 Å². The van der Waals surface area contributed by atoms with E-state index in [1.807, 2.05) is 6.07 Å². The van der Waals surface area contributed by atoms with E-state index in [0.29, 0.717) is 27.5 Å². The largest absolute Gasteiger partial charge is 0.371 e. The number of nitrogens with zero attached hydrogens (tertiary/aromatic N) is 3. The third kappa shape index (κ3) is 2.66. The van der Waals surface area contributed by atoms with Crippen LogP contribution in [0, 0.1) is 54.2 Å². The Hall–Kier alpha value is -2.01. The number of benzene rings is 2. The summed E-state index contributed by atoms with van der Waals surface area (Å²) in [5, 5.41) is 0.773. The van der Waals surface area contributed by atoms with Crippen molar-refractivity contribution < 1.29 is 4.39 Å². The number of aromatic nitrogens is 1. The third-order valence-electron chi connectivity index (χ3n) is 10.0. The van der Waals surface area contributed by atoms with Gasteiger partial charge < -0.3 is 4.90 Å². The number of hydrogen-bond acceptors (Lipinski definition) is 3. The van der Waals surface area contributed by atoms with Crippen molar-refractivity contribution in [3.05, 3.63) is 40.5 Å². The number of fused-ring (bicyclic) bond motifs is 4. The van der Waals surface area contributed by atoms with Crippen LogP contribution in [0.5, 0.6) is 0 Å². The molecule has 172 valence electrons. The van der Waals surface area contributed by atoms with Gasteiger partial charge in [-0.05, 0) is 59.8 Å². The van der Waals surface area contributed by atoms with Gasteiger partial charge in [0, 0.05) is 36.7 Å². The van der Waals surface area contributed by atoms with E-state index in [1.54, 1.807) is 11.3 Å². The van der Waals surface area contributed by atoms with Crippen LogP contribution in [-0.4, -0.2) is 31.2 Å². The van der Waals surface area contributed by atoms with Crippen LogP contribution in [0.15, 0.2) is 18.2 Å². The van der Waals surface area contributed by atoms with Crippen LogP contribution >= 0.6 is 11.3 Å². The zero-order chi connectivity index (χ0) is 23.0. The molecule has 3 aliphatic heterocycles. The molecule has 1 aromatic carbocycles. The highest BCUT2D eigenvalue weighted by atomic mass is 32.1. The lowest BCUT2D eigenvalue weighted by molar-refractivity contribution is 0.431. The van der Waals surface area contributed by atoms with Gasteiger partial charge in [0.15, 0.2) is 0 Å². The molecular formula is C28H33FN3S+. The summed E-state index contributed by atoms with van der Waals surface area (Å²) in [5.41, 5.74) is 6.30. The molecule has 33 heavy (non-hydrogen) atoms. The Morgan fingerprint density at radius 1 is 0.939 bits per heavy atom. The SMILES string of the molecule is Cc1cc(=[N+]2CC3C(C2)C3(C)C)c(F)c2sc3cc(N4CC5C(C4)C5(C)C)cc(C)c3nc1-2. The van der Waals surface area contributed by atoms with E-state index in [-0.39, 0.29) is 5.82 Å². The van der Waals surface area contributed by atoms with E-state index in [9.17, 15) is 0 Å². The fourth-order valence-electron chi connectivity index (χ4n) is 7.22. The third-order valence-corrected chi connectivity index (χ3v) is 11.1. The summed E-state index contributed by atoms with van der Waals surface area (Å²) in [6.07, 6.45) is 0. The molecule has 0 bridgehead atoms. The maximum atomic E-state index is 15.9. The Balaban J connectivity index is 1.34. The highest BCUT2D eigenvalue weighted by Gasteiger charge is 2.66. The van der Waals surface area contributed by atoms with Crippen LogP contribution < -0.4 is 14.8 Å². The van der Waals surface area contributed by atoms with Crippen molar-refractivity contribution in [2.24, 2.45) is 34.5 Å². The van der Waals surface area contributed by atoms with Crippen LogP contribution in [-0.2, 0) is 0 Å². The molecule has 0 aromatic heterocycles. The normalized spacial score (nSPS) is 30.8. The smallest absolute Gasteiger partial charge is 0.237 e. The second-order valence-corrected chi connectivity index (χ2v) is 13.5. The lowest BCUT2D eigenvalue weighted by Crippen LogP contribution is -2.34. The fourth-order valence-corrected chi connectivity index (χ4v) is 8.42. The van der Waals surface area contributed by atoms with E-state index < -0.39 is 0 Å². The van der Waals surface area contributed by atoms with Crippen molar-refractivity contribution in [3.63, 3.8) is 0 Å². The maximum absolute atomic E-state index is 15.9. The van der Waals surface area contributed by atoms with Crippen LogP contribution in [0.2, 0.25) is 0 Å². The number of hydrogen-bond donors (Lipinski definition) is 0. The van der Waals surface area contributed by atoms with Crippen molar-refractivity contribution in [2.45, 2.75) is 41.5 Å². The minimum Gasteiger partial charge on any atom is -0.371 e. The monoisotopic (exact) mass is 462 g/mol. The summed E-state index contributed by atoms with van der Waals surface area (Å²) < 4.78 is 19.3. The first-order chi connectivity index (χ1) is 15.6. The second kappa shape index (κ2) is 6.16. The number of rotatable bonds is 1. The summed E-state index contributed by atoms with van der Waals surface area (Å²) in [7, 11) is 0. The molecule has 0 radical (unpaired) electrons. The van der Waals surface area contributed by atoms with Gasteiger partial charge in [0.05, 0.1) is 20.8 Å². The Labute approximate surface area is 199 Å². The molecule has 2 saturated heterocycles. The summed E-state index contributed by atoms with van der Waals surface area (Å²) >= 11 is 1.58. The van der Waals surface area contributed by atoms with E-state index in [2.05, 4.69) is 63.2 Å². The first-order valence-corrected chi connectivity index (χ1v) is 13.3. The molecule has 3 nitrogen and oxygen atoms in total. The molecule has 3 heterocycles. The van der Waals surface area contributed by atoms with Crippen LogP contribution in [0.25, 0.3) is 20.8 Å². The number of halogens is 1. The molecule has 0 amide bonds. The van der Waals surface area contributed by atoms with Gasteiger partial charge in [0.1, 0.15) is 13.1 Å². The molecule has 6 aliphatic rings. The van der Waals surface area contributed by atoms with Gasteiger partial charge in [-0.1, -0.05) is 27.7 Å². The average Bonchev–Trinajstić information content (AvgIpc) is 3.28. The van der Waals surface area contributed by atoms with E-state index in [0.717, 1.165) is 64.8 Å². The van der Waals surface area contributed by atoms with Gasteiger partial charge in [-0.2, -0.15) is 4.39 Å². The molecule has 0 N–H and O–H groups in total. The van der Waals surface area contributed by atoms with Gasteiger partial charge in [0.25, 0.3) is 0 Å². The summed E-state index contributed by atoms with van der Waals surface area (Å²) in [4.78, 5) is 8.24. The first kappa shape index (κ1) is 20.4. The fraction of sp³-hybridized carbons (Fsp3) is 0.571. The summed E-state index contributed by atoms with van der Waals surface area (Å²) in [6.45, 7) is 18.0. The lowest BCUT2D eigenvalue weighted by atomic mass is 10.1. The highest BCUT2D eigenvalue weighted by molar-refractivity contribution is 7.21. The van der Waals surface area contributed by atoms with E-state index in [4.69, 9.17) is 4.98 Å². The summed E-state index contributed by atoms with van der Waals surface area (Å²) in [5.74, 6) is 2.94. The number of piperidine rings is 2. The molecule has 5 heteroatoms. The lowest BCUT2D eigenvalue weighted by Gasteiger charge is -2.25. The molecule has 0 spiro atoms. The Morgan fingerprint density at radius 3 is 2.24 bits per heavy atom. The molecule has 1 aromatic rings. The minimum atomic E-state index is -0.0821. The van der Waals surface area contributed by atoms with Gasteiger partial charge in [-0.3, -0.25) is 0 Å². The van der Waals surface area contributed by atoms with Gasteiger partial charge >= 0.3 is 0 Å². The highest BCUT2D eigenvalue weighted by Crippen LogP contribution is 2.62. The first-order valence-electron chi connectivity index (χ1n) is 12.4. The van der Waals surface area contributed by atoms with Gasteiger partial charge in [0.2, 0.25) is 11.2 Å². The van der Waals surface area contributed by atoms with E-state index >= 15 is 4.39 Å². The molecule has 4 fully saturated rings. The number of aryl methyl sites for hydroxylation is 2.